The summed E-state index contributed by atoms with van der Waals surface area (Å²) in [5.41, 5.74) is -0.117. The van der Waals surface area contributed by atoms with E-state index in [1.165, 1.54) is 0 Å². The fourth-order valence-electron chi connectivity index (χ4n) is 1.38. The smallest absolute Gasteiger partial charge is 0.331 e. The van der Waals surface area contributed by atoms with Crippen molar-refractivity contribution in [2.24, 2.45) is 5.41 Å². The maximum absolute atomic E-state index is 11.5. The number of hydrogen-bond donors (Lipinski definition) is 3. The summed E-state index contributed by atoms with van der Waals surface area (Å²) in [4.78, 5) is 22.2. The van der Waals surface area contributed by atoms with E-state index >= 15 is 0 Å². The monoisotopic (exact) mass is 242 g/mol. The van der Waals surface area contributed by atoms with Crippen molar-refractivity contribution >= 4 is 11.9 Å². The van der Waals surface area contributed by atoms with Gasteiger partial charge in [-0.15, -0.1) is 0 Å². The molecule has 0 saturated carbocycles. The van der Waals surface area contributed by atoms with Crippen molar-refractivity contribution in [1.82, 2.24) is 10.6 Å². The molecular weight excluding hydrogens is 220 g/mol. The van der Waals surface area contributed by atoms with E-state index in [4.69, 9.17) is 5.11 Å². The van der Waals surface area contributed by atoms with Crippen molar-refractivity contribution in [2.45, 2.75) is 27.2 Å². The van der Waals surface area contributed by atoms with Gasteiger partial charge in [-0.25, -0.2) is 4.79 Å². The van der Waals surface area contributed by atoms with Crippen LogP contribution in [-0.2, 0) is 9.59 Å². The number of nitrogens with one attached hydrogen (secondary N) is 2. The van der Waals surface area contributed by atoms with Crippen LogP contribution >= 0.6 is 0 Å². The minimum atomic E-state index is -0.889. The minimum Gasteiger partial charge on any atom is -0.478 e. The van der Waals surface area contributed by atoms with Crippen molar-refractivity contribution in [3.05, 3.63) is 11.6 Å². The molecule has 3 N–H and O–H groups in total. The Kier molecular flexibility index (Phi) is 6.50. The van der Waals surface area contributed by atoms with Crippen LogP contribution in [-0.4, -0.2) is 37.1 Å². The van der Waals surface area contributed by atoms with Crippen molar-refractivity contribution < 1.29 is 14.7 Å². The summed E-state index contributed by atoms with van der Waals surface area (Å²) in [6, 6.07) is 0. The number of carbonyl (C=O) groups is 2. The van der Waals surface area contributed by atoms with E-state index in [0.717, 1.165) is 0 Å². The van der Waals surface area contributed by atoms with Gasteiger partial charge in [0, 0.05) is 25.7 Å². The second-order valence-corrected chi connectivity index (χ2v) is 4.48. The average Bonchev–Trinajstić information content (AvgIpc) is 2.27. The first-order valence-electron chi connectivity index (χ1n) is 5.70. The molecular formula is C12H22N2O3. The third-order valence-corrected chi connectivity index (χ3v) is 2.56. The summed E-state index contributed by atoms with van der Waals surface area (Å²) in [5.74, 6) is -0.928. The molecule has 0 spiro atoms. The van der Waals surface area contributed by atoms with Crippen LogP contribution in [0.5, 0.6) is 0 Å². The molecule has 0 heterocycles. The molecule has 0 aromatic rings. The summed E-state index contributed by atoms with van der Waals surface area (Å²) in [6.45, 7) is 6.42. The van der Waals surface area contributed by atoms with Crippen molar-refractivity contribution in [1.29, 1.82) is 0 Å². The van der Waals surface area contributed by atoms with Gasteiger partial charge in [-0.05, 0) is 20.3 Å². The molecule has 1 amide bonds. The summed E-state index contributed by atoms with van der Waals surface area (Å²) < 4.78 is 0. The van der Waals surface area contributed by atoms with Gasteiger partial charge in [0.2, 0.25) is 5.91 Å². The van der Waals surface area contributed by atoms with Gasteiger partial charge >= 0.3 is 5.97 Å². The van der Waals surface area contributed by atoms with E-state index < -0.39 is 11.4 Å². The maximum atomic E-state index is 11.5. The highest BCUT2D eigenvalue weighted by molar-refractivity contribution is 5.86. The molecule has 0 saturated heterocycles. The highest BCUT2D eigenvalue weighted by Gasteiger charge is 2.25. The molecule has 5 heteroatoms. The Balaban J connectivity index is 4.16. The third-order valence-electron chi connectivity index (χ3n) is 2.56. The predicted octanol–water partition coefficient (Wildman–Crippen LogP) is 0.769. The molecule has 0 aromatic carbocycles. The standard InChI is InChI=1S/C12H22N2O3/c1-5-9(10(15)16)6-7-14-8-12(2,3)11(17)13-4/h6,14H,5,7-8H2,1-4H3,(H,13,17)(H,15,16). The van der Waals surface area contributed by atoms with Gasteiger partial charge in [0.1, 0.15) is 0 Å². The highest BCUT2D eigenvalue weighted by Crippen LogP contribution is 2.12. The molecule has 0 unspecified atom stereocenters. The van der Waals surface area contributed by atoms with Gasteiger partial charge in [-0.3, -0.25) is 4.79 Å². The Hall–Kier alpha value is -1.36. The van der Waals surface area contributed by atoms with Gasteiger partial charge in [0.15, 0.2) is 0 Å². The van der Waals surface area contributed by atoms with Gasteiger partial charge < -0.3 is 15.7 Å². The van der Waals surface area contributed by atoms with Crippen molar-refractivity contribution in [2.75, 3.05) is 20.1 Å². The van der Waals surface area contributed by atoms with E-state index in [-0.39, 0.29) is 5.91 Å². The van der Waals surface area contributed by atoms with Crippen LogP contribution in [0.15, 0.2) is 11.6 Å². The average molecular weight is 242 g/mol. The Morgan fingerprint density at radius 2 is 1.94 bits per heavy atom. The van der Waals surface area contributed by atoms with Crippen LogP contribution in [0.1, 0.15) is 27.2 Å². The summed E-state index contributed by atoms with van der Waals surface area (Å²) >= 11 is 0. The minimum absolute atomic E-state index is 0.0390. The highest BCUT2D eigenvalue weighted by atomic mass is 16.4. The lowest BCUT2D eigenvalue weighted by atomic mass is 9.92. The topological polar surface area (TPSA) is 78.4 Å². The van der Waals surface area contributed by atoms with Crippen LogP contribution in [0.3, 0.4) is 0 Å². The second-order valence-electron chi connectivity index (χ2n) is 4.48. The van der Waals surface area contributed by atoms with Gasteiger partial charge in [-0.2, -0.15) is 0 Å². The lowest BCUT2D eigenvalue weighted by Gasteiger charge is -2.22. The van der Waals surface area contributed by atoms with Crippen molar-refractivity contribution in [3.8, 4) is 0 Å². The van der Waals surface area contributed by atoms with E-state index in [1.807, 2.05) is 13.8 Å². The van der Waals surface area contributed by atoms with E-state index in [2.05, 4.69) is 10.6 Å². The van der Waals surface area contributed by atoms with E-state index in [9.17, 15) is 9.59 Å². The number of rotatable bonds is 7. The molecule has 0 aliphatic carbocycles. The van der Waals surface area contributed by atoms with Crippen LogP contribution in [0.25, 0.3) is 0 Å². The SMILES string of the molecule is CCC(=CCNCC(C)(C)C(=O)NC)C(=O)O. The molecule has 0 fully saturated rings. The summed E-state index contributed by atoms with van der Waals surface area (Å²) in [7, 11) is 1.60. The van der Waals surface area contributed by atoms with Crippen LogP contribution in [0.4, 0.5) is 0 Å². The van der Waals surface area contributed by atoms with Crippen LogP contribution in [0, 0.1) is 5.41 Å². The van der Waals surface area contributed by atoms with E-state index in [1.54, 1.807) is 20.0 Å². The number of hydrogen-bond acceptors (Lipinski definition) is 3. The Morgan fingerprint density at radius 3 is 2.35 bits per heavy atom. The zero-order chi connectivity index (χ0) is 13.5. The first kappa shape index (κ1) is 15.6. The number of amides is 1. The Morgan fingerprint density at radius 1 is 1.35 bits per heavy atom. The Bertz CT molecular complexity index is 309. The van der Waals surface area contributed by atoms with Crippen LogP contribution in [0.2, 0.25) is 0 Å². The van der Waals surface area contributed by atoms with Gasteiger partial charge in [0.05, 0.1) is 5.41 Å². The lowest BCUT2D eigenvalue weighted by molar-refractivity contribution is -0.133. The fourth-order valence-corrected chi connectivity index (χ4v) is 1.38. The second kappa shape index (κ2) is 7.06. The fraction of sp³-hybridized carbons (Fsp3) is 0.667. The molecule has 0 atom stereocenters. The molecule has 0 aliphatic heterocycles. The molecule has 0 radical (unpaired) electrons. The zero-order valence-corrected chi connectivity index (χ0v) is 11.0. The summed E-state index contributed by atoms with van der Waals surface area (Å²) in [6.07, 6.45) is 2.14. The quantitative estimate of drug-likeness (QED) is 0.455. The molecule has 0 bridgehead atoms. The molecule has 0 rings (SSSR count). The van der Waals surface area contributed by atoms with E-state index in [0.29, 0.717) is 25.1 Å². The van der Waals surface area contributed by atoms with Gasteiger partial charge in [-0.1, -0.05) is 13.0 Å². The zero-order valence-electron chi connectivity index (χ0n) is 11.0. The lowest BCUT2D eigenvalue weighted by Crippen LogP contribution is -2.42. The van der Waals surface area contributed by atoms with Gasteiger partial charge in [0.25, 0.3) is 0 Å². The number of carboxylic acids is 1. The molecule has 0 aromatic heterocycles. The largest absolute Gasteiger partial charge is 0.478 e. The third kappa shape index (κ3) is 5.49. The molecule has 98 valence electrons. The van der Waals surface area contributed by atoms with Crippen LogP contribution < -0.4 is 10.6 Å². The maximum Gasteiger partial charge on any atom is 0.331 e. The first-order valence-corrected chi connectivity index (χ1v) is 5.70. The number of aliphatic carboxylic acids is 1. The normalized spacial score (nSPS) is 12.4. The first-order chi connectivity index (χ1) is 7.85. The Labute approximate surface area is 102 Å². The summed E-state index contributed by atoms with van der Waals surface area (Å²) in [5, 5.41) is 14.5. The van der Waals surface area contributed by atoms with Crippen molar-refractivity contribution in [3.63, 3.8) is 0 Å². The molecule has 0 aliphatic rings. The number of carboxylic acid groups (broad SMARTS) is 1. The molecule has 5 nitrogen and oxygen atoms in total. The number of carbonyl (C=O) groups excluding carboxylic acids is 1. The molecule has 17 heavy (non-hydrogen) atoms. The predicted molar refractivity (Wildman–Crippen MR) is 66.7 cm³/mol.